The highest BCUT2D eigenvalue weighted by molar-refractivity contribution is 7.07. The van der Waals surface area contributed by atoms with E-state index in [0.29, 0.717) is 11.5 Å². The molecule has 1 spiro atoms. The van der Waals surface area contributed by atoms with Crippen LogP contribution in [0.5, 0.6) is 0 Å². The van der Waals surface area contributed by atoms with E-state index in [2.05, 4.69) is 37.4 Å². The van der Waals surface area contributed by atoms with Crippen LogP contribution in [0.4, 0.5) is 0 Å². The van der Waals surface area contributed by atoms with E-state index >= 15 is 0 Å². The first-order chi connectivity index (χ1) is 10.8. The van der Waals surface area contributed by atoms with Gasteiger partial charge in [0.15, 0.2) is 0 Å². The Morgan fingerprint density at radius 1 is 1.41 bits per heavy atom. The van der Waals surface area contributed by atoms with Crippen LogP contribution in [0.3, 0.4) is 0 Å². The van der Waals surface area contributed by atoms with Crippen LogP contribution in [-0.4, -0.2) is 39.0 Å². The summed E-state index contributed by atoms with van der Waals surface area (Å²) in [6.45, 7) is 4.33. The minimum absolute atomic E-state index is 0.563. The lowest BCUT2D eigenvalue weighted by molar-refractivity contribution is 0.184. The van der Waals surface area contributed by atoms with Crippen LogP contribution in [0.25, 0.3) is 0 Å². The van der Waals surface area contributed by atoms with E-state index in [-0.39, 0.29) is 0 Å². The summed E-state index contributed by atoms with van der Waals surface area (Å²) < 4.78 is 1.90. The third-order valence-corrected chi connectivity index (χ3v) is 6.06. The van der Waals surface area contributed by atoms with E-state index in [4.69, 9.17) is 0 Å². The molecule has 2 aromatic heterocycles. The Hall–Kier alpha value is -1.24. The van der Waals surface area contributed by atoms with Gasteiger partial charge >= 0.3 is 0 Å². The Labute approximate surface area is 135 Å². The highest BCUT2D eigenvalue weighted by Gasteiger charge is 2.56. The molecule has 2 aliphatic rings. The largest absolute Gasteiger partial charge is 0.317 e. The van der Waals surface area contributed by atoms with Crippen molar-refractivity contribution in [2.75, 3.05) is 13.1 Å². The fourth-order valence-corrected chi connectivity index (χ4v) is 4.52. The van der Waals surface area contributed by atoms with Crippen molar-refractivity contribution in [2.45, 2.75) is 38.4 Å². The van der Waals surface area contributed by atoms with E-state index in [9.17, 15) is 0 Å². The molecule has 1 saturated heterocycles. The second-order valence-corrected chi connectivity index (χ2v) is 7.50. The summed E-state index contributed by atoms with van der Waals surface area (Å²) in [5.41, 5.74) is 3.19. The molecule has 1 atom stereocenters. The fourth-order valence-electron chi connectivity index (χ4n) is 3.86. The van der Waals surface area contributed by atoms with Crippen LogP contribution >= 0.6 is 11.3 Å². The van der Waals surface area contributed by atoms with Gasteiger partial charge in [-0.2, -0.15) is 11.3 Å². The fraction of sp³-hybridized carbons (Fsp3) is 0.625. The van der Waals surface area contributed by atoms with Crippen molar-refractivity contribution in [1.29, 1.82) is 0 Å². The monoisotopic (exact) mass is 317 g/mol. The van der Waals surface area contributed by atoms with Crippen molar-refractivity contribution >= 4 is 11.3 Å². The van der Waals surface area contributed by atoms with Gasteiger partial charge in [-0.05, 0) is 60.2 Å². The van der Waals surface area contributed by atoms with Crippen LogP contribution in [0.1, 0.15) is 30.5 Å². The molecular weight excluding hydrogens is 294 g/mol. The van der Waals surface area contributed by atoms with Gasteiger partial charge < -0.3 is 5.32 Å². The first-order valence-electron chi connectivity index (χ1n) is 8.06. The number of aryl methyl sites for hydroxylation is 1. The molecule has 2 fully saturated rings. The van der Waals surface area contributed by atoms with E-state index in [1.807, 2.05) is 17.9 Å². The second kappa shape index (κ2) is 5.76. The van der Waals surface area contributed by atoms with Gasteiger partial charge in [-0.15, -0.1) is 5.10 Å². The lowest BCUT2D eigenvalue weighted by atomic mass is 9.93. The summed E-state index contributed by atoms with van der Waals surface area (Å²) in [5, 5.41) is 16.1. The molecule has 22 heavy (non-hydrogen) atoms. The third-order valence-electron chi connectivity index (χ3n) is 5.33. The Bertz CT molecular complexity index is 614. The zero-order valence-electron chi connectivity index (χ0n) is 13.0. The van der Waals surface area contributed by atoms with Gasteiger partial charge in [0.1, 0.15) is 0 Å². The van der Waals surface area contributed by atoms with Gasteiger partial charge in [-0.1, -0.05) is 5.21 Å². The highest BCUT2D eigenvalue weighted by Crippen LogP contribution is 2.56. The van der Waals surface area contributed by atoms with Crippen LogP contribution in [0.2, 0.25) is 0 Å². The van der Waals surface area contributed by atoms with Crippen molar-refractivity contribution in [1.82, 2.24) is 25.2 Å². The standard InChI is InChI=1S/C16H23N5S/c1-20-14(9-18-19-20)11-21(10-13-2-7-22-12-13)15-8-16(15)3-5-17-6-4-16/h2,7,9,12,15,17H,3-6,8,10-11H2,1H3. The number of nitrogens with one attached hydrogen (secondary N) is 1. The molecule has 4 rings (SSSR count). The predicted octanol–water partition coefficient (Wildman–Crippen LogP) is 2.02. The van der Waals surface area contributed by atoms with E-state index in [1.54, 1.807) is 11.3 Å². The number of hydrogen-bond donors (Lipinski definition) is 1. The van der Waals surface area contributed by atoms with Gasteiger partial charge in [0.25, 0.3) is 0 Å². The van der Waals surface area contributed by atoms with Crippen molar-refractivity contribution in [3.05, 3.63) is 34.3 Å². The second-order valence-electron chi connectivity index (χ2n) is 6.72. The topological polar surface area (TPSA) is 46.0 Å². The Balaban J connectivity index is 1.52. The average molecular weight is 317 g/mol. The Morgan fingerprint density at radius 2 is 2.27 bits per heavy atom. The molecular formula is C16H23N5S. The molecule has 0 aromatic carbocycles. The number of rotatable bonds is 5. The number of piperidine rings is 1. The molecule has 1 saturated carbocycles. The molecule has 118 valence electrons. The summed E-state index contributed by atoms with van der Waals surface area (Å²) in [7, 11) is 1.98. The molecule has 5 nitrogen and oxygen atoms in total. The summed E-state index contributed by atoms with van der Waals surface area (Å²) in [6.07, 6.45) is 5.89. The van der Waals surface area contributed by atoms with Crippen molar-refractivity contribution in [3.63, 3.8) is 0 Å². The molecule has 1 aliphatic heterocycles. The summed E-state index contributed by atoms with van der Waals surface area (Å²) in [6, 6.07) is 2.96. The molecule has 0 amide bonds. The van der Waals surface area contributed by atoms with E-state index in [0.717, 1.165) is 13.1 Å². The quantitative estimate of drug-likeness (QED) is 0.916. The first kappa shape index (κ1) is 14.4. The lowest BCUT2D eigenvalue weighted by Crippen LogP contribution is -2.36. The van der Waals surface area contributed by atoms with E-state index < -0.39 is 0 Å². The lowest BCUT2D eigenvalue weighted by Gasteiger charge is -2.29. The van der Waals surface area contributed by atoms with Crippen molar-refractivity contribution in [2.24, 2.45) is 12.5 Å². The Morgan fingerprint density at radius 3 is 2.95 bits per heavy atom. The molecule has 3 heterocycles. The predicted molar refractivity (Wildman–Crippen MR) is 87.5 cm³/mol. The van der Waals surface area contributed by atoms with Crippen LogP contribution in [0.15, 0.2) is 23.0 Å². The van der Waals surface area contributed by atoms with Crippen molar-refractivity contribution in [3.8, 4) is 0 Å². The minimum Gasteiger partial charge on any atom is -0.317 e. The van der Waals surface area contributed by atoms with Gasteiger partial charge in [0, 0.05) is 26.2 Å². The number of thiophene rings is 1. The number of hydrogen-bond acceptors (Lipinski definition) is 5. The van der Waals surface area contributed by atoms with Crippen LogP contribution in [0, 0.1) is 5.41 Å². The minimum atomic E-state index is 0.563. The van der Waals surface area contributed by atoms with Gasteiger partial charge in [0.05, 0.1) is 11.9 Å². The first-order valence-corrected chi connectivity index (χ1v) is 9.01. The van der Waals surface area contributed by atoms with Crippen LogP contribution < -0.4 is 5.32 Å². The zero-order chi connectivity index (χ0) is 15.0. The maximum atomic E-state index is 4.08. The summed E-state index contributed by atoms with van der Waals surface area (Å²) in [5.74, 6) is 0. The Kier molecular flexibility index (Phi) is 3.76. The van der Waals surface area contributed by atoms with Crippen molar-refractivity contribution < 1.29 is 0 Å². The average Bonchev–Trinajstić information content (AvgIpc) is 2.90. The maximum absolute atomic E-state index is 4.08. The smallest absolute Gasteiger partial charge is 0.0738 e. The molecule has 1 aliphatic carbocycles. The molecule has 1 unspecified atom stereocenters. The molecule has 2 aromatic rings. The van der Waals surface area contributed by atoms with Gasteiger partial charge in [0.2, 0.25) is 0 Å². The molecule has 6 heteroatoms. The summed E-state index contributed by atoms with van der Waals surface area (Å²) in [4.78, 5) is 2.64. The maximum Gasteiger partial charge on any atom is 0.0738 e. The summed E-state index contributed by atoms with van der Waals surface area (Å²) >= 11 is 1.79. The van der Waals surface area contributed by atoms with E-state index in [1.165, 1.54) is 43.6 Å². The normalized spacial score (nSPS) is 23.3. The molecule has 1 N–H and O–H groups in total. The zero-order valence-corrected chi connectivity index (χ0v) is 13.9. The molecule has 0 radical (unpaired) electrons. The third kappa shape index (κ3) is 2.71. The molecule has 0 bridgehead atoms. The number of aromatic nitrogens is 3. The highest BCUT2D eigenvalue weighted by atomic mass is 32.1. The number of nitrogens with zero attached hydrogens (tertiary/aromatic N) is 4. The van der Waals surface area contributed by atoms with Gasteiger partial charge in [-0.25, -0.2) is 0 Å². The van der Waals surface area contributed by atoms with Gasteiger partial charge in [-0.3, -0.25) is 9.58 Å². The van der Waals surface area contributed by atoms with Crippen LogP contribution in [-0.2, 0) is 20.1 Å². The SMILES string of the molecule is Cn1nncc1CN(Cc1ccsc1)C1CC12CCNCC2.